The van der Waals surface area contributed by atoms with Crippen molar-refractivity contribution in [3.05, 3.63) is 101 Å². The molecule has 0 aliphatic carbocycles. The molecular formula is C32H30N6O2. The summed E-state index contributed by atoms with van der Waals surface area (Å²) in [6.45, 7) is 5.72. The van der Waals surface area contributed by atoms with Crippen LogP contribution in [0.25, 0.3) is 0 Å². The lowest BCUT2D eigenvalue weighted by atomic mass is 9.85. The Bertz CT molecular complexity index is 1630. The molecule has 0 saturated carbocycles. The number of ketones is 1. The maximum absolute atomic E-state index is 13.2. The van der Waals surface area contributed by atoms with Crippen LogP contribution in [0.5, 0.6) is 0 Å². The number of rotatable bonds is 7. The molecule has 2 unspecified atom stereocenters. The molecule has 0 saturated heterocycles. The first-order valence-corrected chi connectivity index (χ1v) is 13.1. The van der Waals surface area contributed by atoms with Gasteiger partial charge in [0, 0.05) is 47.0 Å². The molecule has 2 aliphatic heterocycles. The minimum Gasteiger partial charge on any atom is -0.354 e. The van der Waals surface area contributed by atoms with Gasteiger partial charge in [-0.25, -0.2) is 0 Å². The highest BCUT2D eigenvalue weighted by Gasteiger charge is 2.33. The molecule has 3 aromatic carbocycles. The average Bonchev–Trinajstić information content (AvgIpc) is 3.44. The van der Waals surface area contributed by atoms with E-state index < -0.39 is 11.1 Å². The Morgan fingerprint density at radius 1 is 1.15 bits per heavy atom. The minimum atomic E-state index is -0.969. The summed E-state index contributed by atoms with van der Waals surface area (Å²) in [6.07, 6.45) is 7.14. The number of carbonyl (C=O) groups is 2. The number of fused-ring (bicyclic) bond motifs is 1. The van der Waals surface area contributed by atoms with Gasteiger partial charge in [0.05, 0.1) is 23.1 Å². The third-order valence-corrected chi connectivity index (χ3v) is 7.29. The number of Topliss-reactive ketones (excluding diaryl/α,β-unsaturated/α-hetero) is 1. The van der Waals surface area contributed by atoms with E-state index in [0.717, 1.165) is 16.7 Å². The molecule has 0 fully saturated rings. The van der Waals surface area contributed by atoms with Crippen LogP contribution in [0.4, 0.5) is 17.1 Å². The van der Waals surface area contributed by atoms with E-state index in [9.17, 15) is 14.9 Å². The summed E-state index contributed by atoms with van der Waals surface area (Å²) in [6, 6.07) is 20.4. The SMILES string of the molecule is CC1C=Nc2ccc(C3(Nc4cc(NC(=O)c5cccc(C(C)(C)C#N)c5)ccc4CN)C=CC=N3)cc2C1=O. The third-order valence-electron chi connectivity index (χ3n) is 7.29. The van der Waals surface area contributed by atoms with Crippen LogP contribution >= 0.6 is 0 Å². The Kier molecular flexibility index (Phi) is 6.92. The van der Waals surface area contributed by atoms with Crippen LogP contribution in [-0.2, 0) is 17.6 Å². The van der Waals surface area contributed by atoms with E-state index in [1.165, 1.54) is 0 Å². The van der Waals surface area contributed by atoms with E-state index in [-0.39, 0.29) is 24.2 Å². The van der Waals surface area contributed by atoms with Crippen LogP contribution in [0.2, 0.25) is 0 Å². The van der Waals surface area contributed by atoms with E-state index in [1.54, 1.807) is 36.7 Å². The summed E-state index contributed by atoms with van der Waals surface area (Å²) in [5.41, 5.74) is 9.68. The van der Waals surface area contributed by atoms with Crippen LogP contribution in [0.3, 0.4) is 0 Å². The smallest absolute Gasteiger partial charge is 0.255 e. The molecule has 3 aromatic rings. The summed E-state index contributed by atoms with van der Waals surface area (Å²) in [4.78, 5) is 35.2. The second-order valence-corrected chi connectivity index (χ2v) is 10.5. The average molecular weight is 531 g/mol. The molecule has 4 N–H and O–H groups in total. The summed E-state index contributed by atoms with van der Waals surface area (Å²) in [5.74, 6) is -0.564. The topological polar surface area (TPSA) is 133 Å². The van der Waals surface area contributed by atoms with Gasteiger partial charge in [0.1, 0.15) is 0 Å². The Labute approximate surface area is 233 Å². The predicted octanol–water partition coefficient (Wildman–Crippen LogP) is 5.64. The van der Waals surface area contributed by atoms with E-state index >= 15 is 0 Å². The fraction of sp³-hybridized carbons (Fsp3) is 0.219. The highest BCUT2D eigenvalue weighted by atomic mass is 16.1. The Balaban J connectivity index is 1.46. The van der Waals surface area contributed by atoms with Gasteiger partial charge in [-0.2, -0.15) is 5.26 Å². The van der Waals surface area contributed by atoms with Crippen LogP contribution in [0.1, 0.15) is 58.2 Å². The summed E-state index contributed by atoms with van der Waals surface area (Å²) >= 11 is 0. The second-order valence-electron chi connectivity index (χ2n) is 10.5. The number of anilines is 2. The van der Waals surface area contributed by atoms with Gasteiger partial charge >= 0.3 is 0 Å². The van der Waals surface area contributed by atoms with Crippen molar-refractivity contribution in [1.82, 2.24) is 0 Å². The number of allylic oxidation sites excluding steroid dienone is 1. The van der Waals surface area contributed by atoms with Gasteiger partial charge in [0.2, 0.25) is 0 Å². The molecule has 0 bridgehead atoms. The van der Waals surface area contributed by atoms with Gasteiger partial charge in [-0.3, -0.25) is 19.6 Å². The standard InChI is InChI=1S/C32H30N6O2/c1-20-18-35-27-11-9-24(15-26(27)29(20)39)32(12-5-13-36-32)38-28-16-25(10-8-22(28)17-33)37-30(40)21-6-4-7-23(14-21)31(2,3)19-34/h4-16,18,20,38H,17,33H2,1-3H3,(H,37,40). The van der Waals surface area contributed by atoms with E-state index in [0.29, 0.717) is 28.2 Å². The Morgan fingerprint density at radius 2 is 1.98 bits per heavy atom. The normalized spacial score (nSPS) is 19.3. The van der Waals surface area contributed by atoms with E-state index in [2.05, 4.69) is 21.7 Å². The van der Waals surface area contributed by atoms with Crippen LogP contribution in [-0.4, -0.2) is 24.1 Å². The van der Waals surface area contributed by atoms with Gasteiger partial charge in [-0.1, -0.05) is 31.2 Å². The lowest BCUT2D eigenvalue weighted by Gasteiger charge is -2.30. The highest BCUT2D eigenvalue weighted by molar-refractivity contribution is 6.12. The van der Waals surface area contributed by atoms with Crippen molar-refractivity contribution < 1.29 is 9.59 Å². The molecule has 2 aliphatic rings. The number of amides is 1. The van der Waals surface area contributed by atoms with Crippen molar-refractivity contribution in [1.29, 1.82) is 5.26 Å². The Hall–Kier alpha value is -4.87. The van der Waals surface area contributed by atoms with Crippen molar-refractivity contribution in [2.75, 3.05) is 10.6 Å². The van der Waals surface area contributed by atoms with Gasteiger partial charge in [0.15, 0.2) is 11.4 Å². The molecule has 200 valence electrons. The zero-order valence-electron chi connectivity index (χ0n) is 22.6. The van der Waals surface area contributed by atoms with E-state index in [1.807, 2.05) is 69.3 Å². The van der Waals surface area contributed by atoms with E-state index in [4.69, 9.17) is 10.7 Å². The lowest BCUT2D eigenvalue weighted by Crippen LogP contribution is -2.31. The number of benzene rings is 3. The van der Waals surface area contributed by atoms with Gasteiger partial charge in [0.25, 0.3) is 5.91 Å². The van der Waals surface area contributed by atoms with Crippen LogP contribution in [0, 0.1) is 17.2 Å². The summed E-state index contributed by atoms with van der Waals surface area (Å²) in [5, 5.41) is 16.0. The summed E-state index contributed by atoms with van der Waals surface area (Å²) in [7, 11) is 0. The van der Waals surface area contributed by atoms with Crippen molar-refractivity contribution >= 4 is 41.2 Å². The zero-order valence-corrected chi connectivity index (χ0v) is 22.6. The predicted molar refractivity (Wildman–Crippen MR) is 158 cm³/mol. The molecule has 0 spiro atoms. The first kappa shape index (κ1) is 26.7. The number of nitrogens with two attached hydrogens (primary N) is 1. The fourth-order valence-electron chi connectivity index (χ4n) is 4.76. The molecule has 1 amide bonds. The first-order valence-electron chi connectivity index (χ1n) is 13.1. The molecule has 2 atom stereocenters. The van der Waals surface area contributed by atoms with Gasteiger partial charge < -0.3 is 16.4 Å². The first-order chi connectivity index (χ1) is 19.2. The highest BCUT2D eigenvalue weighted by Crippen LogP contribution is 2.37. The number of aliphatic imine (C=N–C) groups is 2. The molecular weight excluding hydrogens is 500 g/mol. The maximum atomic E-state index is 13.2. The molecule has 0 radical (unpaired) electrons. The molecule has 40 heavy (non-hydrogen) atoms. The van der Waals surface area contributed by atoms with Crippen LogP contribution < -0.4 is 16.4 Å². The largest absolute Gasteiger partial charge is 0.354 e. The Morgan fingerprint density at radius 3 is 2.70 bits per heavy atom. The minimum absolute atomic E-state index is 0.0162. The van der Waals surface area contributed by atoms with Crippen molar-refractivity contribution in [3.8, 4) is 6.07 Å². The fourth-order valence-corrected chi connectivity index (χ4v) is 4.76. The van der Waals surface area contributed by atoms with Gasteiger partial charge in [-0.15, -0.1) is 0 Å². The molecule has 5 rings (SSSR count). The molecule has 8 heteroatoms. The quantitative estimate of drug-likeness (QED) is 0.364. The number of hydrogen-bond donors (Lipinski definition) is 3. The number of hydrogen-bond acceptors (Lipinski definition) is 7. The molecule has 2 heterocycles. The lowest BCUT2D eigenvalue weighted by molar-refractivity contribution is 0.0961. The van der Waals surface area contributed by atoms with Crippen molar-refractivity contribution in [3.63, 3.8) is 0 Å². The zero-order chi connectivity index (χ0) is 28.5. The van der Waals surface area contributed by atoms with Crippen molar-refractivity contribution in [2.45, 2.75) is 38.4 Å². The maximum Gasteiger partial charge on any atom is 0.255 e. The summed E-state index contributed by atoms with van der Waals surface area (Å²) < 4.78 is 0. The monoisotopic (exact) mass is 530 g/mol. The molecule has 0 aromatic heterocycles. The molecule has 8 nitrogen and oxygen atoms in total. The number of carbonyl (C=O) groups excluding carboxylic acids is 2. The van der Waals surface area contributed by atoms with Crippen LogP contribution in [0.15, 0.2) is 82.8 Å². The third kappa shape index (κ3) is 4.95. The number of nitrogens with zero attached hydrogens (tertiary/aromatic N) is 3. The second kappa shape index (κ2) is 10.4. The number of nitriles is 1. The van der Waals surface area contributed by atoms with Crippen molar-refractivity contribution in [2.24, 2.45) is 21.6 Å². The van der Waals surface area contributed by atoms with Gasteiger partial charge in [-0.05, 0) is 73.5 Å². The number of nitrogens with one attached hydrogen (secondary N) is 2.